The molecule has 0 fully saturated rings. The van der Waals surface area contributed by atoms with Gasteiger partial charge < -0.3 is 4.74 Å². The molecule has 0 unspecified atom stereocenters. The Hall–Kier alpha value is -2.50. The summed E-state index contributed by atoms with van der Waals surface area (Å²) in [5.41, 5.74) is 0.487. The number of rotatable bonds is 9. The molecule has 0 bridgehead atoms. The molecule has 6 heteroatoms. The summed E-state index contributed by atoms with van der Waals surface area (Å²) < 4.78 is 5.53. The van der Waals surface area contributed by atoms with Crippen LogP contribution in [-0.2, 0) is 9.59 Å². The molecule has 0 saturated heterocycles. The van der Waals surface area contributed by atoms with E-state index in [0.29, 0.717) is 17.9 Å². The molecule has 1 aromatic carbocycles. The number of allylic oxidation sites excluding steroid dienone is 1. The molecule has 0 spiro atoms. The standard InChI is InChI=1S/C17H21NO5/c1-4-5-10-23-15-8-6-14(7-9-15)16(11-18(21)22)17(12(2)19)13(3)20/h6-9H,4-5,10-11H2,1-3H3. The van der Waals surface area contributed by atoms with Crippen LogP contribution in [0, 0.1) is 10.1 Å². The molecule has 1 aromatic rings. The van der Waals surface area contributed by atoms with Gasteiger partial charge in [-0.25, -0.2) is 0 Å². The Morgan fingerprint density at radius 2 is 1.70 bits per heavy atom. The lowest BCUT2D eigenvalue weighted by Gasteiger charge is -2.10. The summed E-state index contributed by atoms with van der Waals surface area (Å²) in [5.74, 6) is -0.301. The van der Waals surface area contributed by atoms with Crippen LogP contribution in [0.4, 0.5) is 0 Å². The second-order valence-electron chi connectivity index (χ2n) is 5.18. The quantitative estimate of drug-likeness (QED) is 0.174. The third-order valence-electron chi connectivity index (χ3n) is 3.26. The topological polar surface area (TPSA) is 86.5 Å². The Morgan fingerprint density at radius 1 is 1.13 bits per heavy atom. The summed E-state index contributed by atoms with van der Waals surface area (Å²) in [6.07, 6.45) is 1.96. The van der Waals surface area contributed by atoms with Crippen LogP contribution in [0.2, 0.25) is 0 Å². The van der Waals surface area contributed by atoms with Gasteiger partial charge in [-0.15, -0.1) is 0 Å². The smallest absolute Gasteiger partial charge is 0.230 e. The predicted octanol–water partition coefficient (Wildman–Crippen LogP) is 3.07. The van der Waals surface area contributed by atoms with Gasteiger partial charge in [-0.1, -0.05) is 25.5 Å². The third-order valence-corrected chi connectivity index (χ3v) is 3.26. The normalized spacial score (nSPS) is 10.0. The Morgan fingerprint density at radius 3 is 2.13 bits per heavy atom. The van der Waals surface area contributed by atoms with Crippen molar-refractivity contribution in [2.45, 2.75) is 33.6 Å². The number of hydrogen-bond donors (Lipinski definition) is 0. The van der Waals surface area contributed by atoms with E-state index in [1.54, 1.807) is 24.3 Å². The van der Waals surface area contributed by atoms with Gasteiger partial charge >= 0.3 is 0 Å². The van der Waals surface area contributed by atoms with Crippen molar-refractivity contribution in [2.24, 2.45) is 0 Å². The Balaban J connectivity index is 3.18. The summed E-state index contributed by atoms with van der Waals surface area (Å²) in [5, 5.41) is 10.9. The maximum absolute atomic E-state index is 11.7. The van der Waals surface area contributed by atoms with E-state index in [0.717, 1.165) is 12.8 Å². The van der Waals surface area contributed by atoms with Crippen LogP contribution in [0.1, 0.15) is 39.2 Å². The maximum Gasteiger partial charge on any atom is 0.230 e. The highest BCUT2D eigenvalue weighted by Crippen LogP contribution is 2.23. The first-order chi connectivity index (χ1) is 10.9. The highest BCUT2D eigenvalue weighted by Gasteiger charge is 2.21. The fraction of sp³-hybridized carbons (Fsp3) is 0.412. The van der Waals surface area contributed by atoms with Crippen molar-refractivity contribution in [3.05, 3.63) is 45.5 Å². The number of Topliss-reactive ketones (excluding diaryl/α,β-unsaturated/α-hetero) is 2. The monoisotopic (exact) mass is 319 g/mol. The van der Waals surface area contributed by atoms with Crippen molar-refractivity contribution in [3.8, 4) is 5.75 Å². The van der Waals surface area contributed by atoms with Crippen molar-refractivity contribution >= 4 is 17.1 Å². The van der Waals surface area contributed by atoms with Gasteiger partial charge in [0.15, 0.2) is 11.6 Å². The molecular formula is C17H21NO5. The number of carbonyl (C=O) groups excluding carboxylic acids is 2. The lowest BCUT2D eigenvalue weighted by molar-refractivity contribution is -0.465. The predicted molar refractivity (Wildman–Crippen MR) is 87.0 cm³/mol. The summed E-state index contributed by atoms with van der Waals surface area (Å²) in [6.45, 7) is 4.55. The van der Waals surface area contributed by atoms with Gasteiger partial charge in [-0.2, -0.15) is 0 Å². The first kappa shape index (κ1) is 18.5. The molecule has 0 amide bonds. The molecule has 0 aromatic heterocycles. The van der Waals surface area contributed by atoms with E-state index < -0.39 is 23.0 Å². The molecule has 1 rings (SSSR count). The zero-order valence-electron chi connectivity index (χ0n) is 13.6. The highest BCUT2D eigenvalue weighted by atomic mass is 16.6. The van der Waals surface area contributed by atoms with E-state index in [4.69, 9.17) is 4.74 Å². The molecule has 0 atom stereocenters. The number of nitro groups is 1. The van der Waals surface area contributed by atoms with Gasteiger partial charge in [0.2, 0.25) is 6.54 Å². The van der Waals surface area contributed by atoms with Gasteiger partial charge in [0, 0.05) is 10.5 Å². The lowest BCUT2D eigenvalue weighted by atomic mass is 9.95. The Kier molecular flexibility index (Phi) is 7.12. The molecule has 0 saturated carbocycles. The SMILES string of the molecule is CCCCOc1ccc(C(C[N+](=O)[O-])=C(C(C)=O)C(C)=O)cc1. The fourth-order valence-corrected chi connectivity index (χ4v) is 2.20. The molecule has 0 heterocycles. The number of unbranched alkanes of at least 4 members (excludes halogenated alkanes) is 1. The van der Waals surface area contributed by atoms with Crippen molar-refractivity contribution in [1.29, 1.82) is 0 Å². The van der Waals surface area contributed by atoms with Crippen LogP contribution in [-0.4, -0.2) is 29.6 Å². The average Bonchev–Trinajstić information content (AvgIpc) is 2.46. The first-order valence-electron chi connectivity index (χ1n) is 7.46. The highest BCUT2D eigenvalue weighted by molar-refractivity contribution is 6.23. The lowest BCUT2D eigenvalue weighted by Crippen LogP contribution is -2.15. The van der Waals surface area contributed by atoms with E-state index >= 15 is 0 Å². The van der Waals surface area contributed by atoms with Crippen LogP contribution < -0.4 is 4.74 Å². The molecule has 0 aliphatic heterocycles. The fourth-order valence-electron chi connectivity index (χ4n) is 2.20. The van der Waals surface area contributed by atoms with Crippen LogP contribution in [0.5, 0.6) is 5.75 Å². The van der Waals surface area contributed by atoms with Gasteiger partial charge in [0.25, 0.3) is 0 Å². The zero-order chi connectivity index (χ0) is 17.4. The van der Waals surface area contributed by atoms with Crippen LogP contribution in [0.25, 0.3) is 5.57 Å². The van der Waals surface area contributed by atoms with E-state index in [-0.39, 0.29) is 11.1 Å². The minimum absolute atomic E-state index is 0.124. The number of benzene rings is 1. The number of ketones is 2. The molecular weight excluding hydrogens is 298 g/mol. The largest absolute Gasteiger partial charge is 0.494 e. The molecule has 0 N–H and O–H groups in total. The second kappa shape index (κ2) is 8.82. The van der Waals surface area contributed by atoms with Crippen molar-refractivity contribution < 1.29 is 19.2 Å². The second-order valence-corrected chi connectivity index (χ2v) is 5.18. The van der Waals surface area contributed by atoms with E-state index in [1.165, 1.54) is 13.8 Å². The van der Waals surface area contributed by atoms with Crippen molar-refractivity contribution in [1.82, 2.24) is 0 Å². The summed E-state index contributed by atoms with van der Waals surface area (Å²) in [4.78, 5) is 33.7. The summed E-state index contributed by atoms with van der Waals surface area (Å²) in [7, 11) is 0. The maximum atomic E-state index is 11.7. The molecule has 0 aliphatic rings. The average molecular weight is 319 g/mol. The molecule has 23 heavy (non-hydrogen) atoms. The Labute approximate surface area is 135 Å². The van der Waals surface area contributed by atoms with Gasteiger partial charge in [0.05, 0.1) is 12.2 Å². The van der Waals surface area contributed by atoms with E-state index in [1.807, 2.05) is 0 Å². The third kappa shape index (κ3) is 5.65. The van der Waals surface area contributed by atoms with Gasteiger partial charge in [-0.05, 0) is 38.0 Å². The number of carbonyl (C=O) groups is 2. The number of nitrogens with zero attached hydrogens (tertiary/aromatic N) is 1. The first-order valence-corrected chi connectivity index (χ1v) is 7.46. The van der Waals surface area contributed by atoms with Crippen molar-refractivity contribution in [2.75, 3.05) is 13.2 Å². The summed E-state index contributed by atoms with van der Waals surface area (Å²) >= 11 is 0. The Bertz CT molecular complexity index is 600. The van der Waals surface area contributed by atoms with E-state index in [9.17, 15) is 19.7 Å². The van der Waals surface area contributed by atoms with Crippen LogP contribution in [0.3, 0.4) is 0 Å². The minimum atomic E-state index is -0.579. The zero-order valence-corrected chi connectivity index (χ0v) is 13.6. The van der Waals surface area contributed by atoms with Gasteiger partial charge in [-0.3, -0.25) is 19.7 Å². The minimum Gasteiger partial charge on any atom is -0.494 e. The van der Waals surface area contributed by atoms with E-state index in [2.05, 4.69) is 6.92 Å². The summed E-state index contributed by atoms with van der Waals surface area (Å²) in [6, 6.07) is 6.63. The molecule has 124 valence electrons. The van der Waals surface area contributed by atoms with Crippen molar-refractivity contribution in [3.63, 3.8) is 0 Å². The van der Waals surface area contributed by atoms with Crippen LogP contribution >= 0.6 is 0 Å². The van der Waals surface area contributed by atoms with Gasteiger partial charge in [0.1, 0.15) is 5.75 Å². The number of ether oxygens (including phenoxy) is 1. The van der Waals surface area contributed by atoms with Crippen LogP contribution in [0.15, 0.2) is 29.8 Å². The molecule has 0 aliphatic carbocycles. The number of hydrogen-bond acceptors (Lipinski definition) is 5. The molecule has 6 nitrogen and oxygen atoms in total. The molecule has 0 radical (unpaired) electrons.